The van der Waals surface area contributed by atoms with Gasteiger partial charge in [0.15, 0.2) is 9.84 Å². The van der Waals surface area contributed by atoms with E-state index in [-0.39, 0.29) is 5.75 Å². The summed E-state index contributed by atoms with van der Waals surface area (Å²) in [5, 5.41) is 0. The fourth-order valence-corrected chi connectivity index (χ4v) is 3.18. The van der Waals surface area contributed by atoms with Gasteiger partial charge < -0.3 is 0 Å². The number of hydrogen-bond donors (Lipinski definition) is 0. The molecular weight excluding hydrogens is 228 g/mol. The van der Waals surface area contributed by atoms with Gasteiger partial charge in [-0.3, -0.25) is 0 Å². The van der Waals surface area contributed by atoms with Crippen molar-refractivity contribution in [2.75, 3.05) is 17.8 Å². The predicted octanol–water partition coefficient (Wildman–Crippen LogP) is 2.52. The van der Waals surface area contributed by atoms with Crippen molar-refractivity contribution in [1.29, 1.82) is 0 Å². The minimum atomic E-state index is -3.06. The normalized spacial score (nSPS) is 11.6. The van der Waals surface area contributed by atoms with Gasteiger partial charge in [-0.2, -0.15) is 11.8 Å². The molecule has 84 valence electrons. The van der Waals surface area contributed by atoms with Gasteiger partial charge in [0, 0.05) is 0 Å². The van der Waals surface area contributed by atoms with Crippen molar-refractivity contribution in [1.82, 2.24) is 0 Å². The van der Waals surface area contributed by atoms with Gasteiger partial charge in [0.05, 0.1) is 10.6 Å². The average Bonchev–Trinajstić information content (AvgIpc) is 2.18. The zero-order valence-corrected chi connectivity index (χ0v) is 10.7. The summed E-state index contributed by atoms with van der Waals surface area (Å²) in [7, 11) is -3.06. The third-order valence-corrected chi connectivity index (χ3v) is 4.66. The van der Waals surface area contributed by atoms with Crippen LogP contribution in [0.25, 0.3) is 0 Å². The fourth-order valence-electron chi connectivity index (χ4n) is 1.26. The maximum Gasteiger partial charge on any atom is 0.178 e. The highest BCUT2D eigenvalue weighted by Crippen LogP contribution is 2.13. The van der Waals surface area contributed by atoms with Gasteiger partial charge in [0.1, 0.15) is 0 Å². The lowest BCUT2D eigenvalue weighted by Gasteiger charge is -2.03. The molecule has 0 aromatic heterocycles. The zero-order valence-electron chi connectivity index (χ0n) is 9.06. The van der Waals surface area contributed by atoms with E-state index in [1.54, 1.807) is 23.9 Å². The van der Waals surface area contributed by atoms with Crippen LogP contribution in [0.2, 0.25) is 0 Å². The van der Waals surface area contributed by atoms with Gasteiger partial charge in [-0.1, -0.05) is 17.7 Å². The Morgan fingerprint density at radius 2 is 1.80 bits per heavy atom. The third-order valence-electron chi connectivity index (χ3n) is 2.14. The molecule has 0 atom stereocenters. The molecule has 0 radical (unpaired) electrons. The Kier molecular flexibility index (Phi) is 4.67. The van der Waals surface area contributed by atoms with Crippen LogP contribution in [0.3, 0.4) is 0 Å². The lowest BCUT2D eigenvalue weighted by atomic mass is 10.2. The highest BCUT2D eigenvalue weighted by atomic mass is 32.2. The number of benzene rings is 1. The first-order chi connectivity index (χ1) is 7.06. The van der Waals surface area contributed by atoms with Gasteiger partial charge in [-0.15, -0.1) is 0 Å². The molecule has 0 saturated carbocycles. The Hall–Kier alpha value is -0.480. The van der Waals surface area contributed by atoms with Gasteiger partial charge in [-0.25, -0.2) is 8.42 Å². The molecule has 0 aliphatic heterocycles. The first-order valence-corrected chi connectivity index (χ1v) is 7.89. The first kappa shape index (κ1) is 12.6. The average molecular weight is 244 g/mol. The Balaban J connectivity index is 2.73. The number of aryl methyl sites for hydroxylation is 1. The quantitative estimate of drug-likeness (QED) is 0.746. The standard InChI is InChI=1S/C11H16O2S2/c1-10-4-6-11(7-5-10)15(12,13)9-3-8-14-2/h4-7H,3,8-9H2,1-2H3. The van der Waals surface area contributed by atoms with Crippen molar-refractivity contribution in [3.8, 4) is 0 Å². The Bertz CT molecular complexity index is 393. The minimum Gasteiger partial charge on any atom is -0.224 e. The first-order valence-electron chi connectivity index (χ1n) is 4.84. The zero-order chi connectivity index (χ0) is 11.3. The van der Waals surface area contributed by atoms with Gasteiger partial charge >= 0.3 is 0 Å². The molecule has 0 unspecified atom stereocenters. The summed E-state index contributed by atoms with van der Waals surface area (Å²) < 4.78 is 23.6. The molecule has 0 amide bonds. The molecule has 0 spiro atoms. The van der Waals surface area contributed by atoms with E-state index in [0.29, 0.717) is 4.90 Å². The van der Waals surface area contributed by atoms with Crippen LogP contribution in [0.5, 0.6) is 0 Å². The summed E-state index contributed by atoms with van der Waals surface area (Å²) in [6, 6.07) is 7.04. The van der Waals surface area contributed by atoms with Crippen LogP contribution in [0.1, 0.15) is 12.0 Å². The van der Waals surface area contributed by atoms with E-state index in [0.717, 1.165) is 17.7 Å². The van der Waals surface area contributed by atoms with E-state index >= 15 is 0 Å². The van der Waals surface area contributed by atoms with Gasteiger partial charge in [0.2, 0.25) is 0 Å². The molecule has 0 aliphatic carbocycles. The molecule has 0 heterocycles. The number of sulfone groups is 1. The molecule has 0 fully saturated rings. The number of rotatable bonds is 5. The van der Waals surface area contributed by atoms with Crippen LogP contribution in [0.15, 0.2) is 29.2 Å². The molecule has 0 N–H and O–H groups in total. The van der Waals surface area contributed by atoms with Crippen LogP contribution < -0.4 is 0 Å². The third kappa shape index (κ3) is 3.87. The van der Waals surface area contributed by atoms with Crippen LogP contribution in [-0.2, 0) is 9.84 Å². The molecule has 0 aliphatic rings. The molecule has 0 bridgehead atoms. The van der Waals surface area contributed by atoms with E-state index in [4.69, 9.17) is 0 Å². The van der Waals surface area contributed by atoms with Crippen molar-refractivity contribution in [2.24, 2.45) is 0 Å². The molecule has 4 heteroatoms. The molecule has 1 rings (SSSR count). The lowest BCUT2D eigenvalue weighted by molar-refractivity contribution is 0.595. The molecule has 1 aromatic rings. The van der Waals surface area contributed by atoms with Crippen molar-refractivity contribution < 1.29 is 8.42 Å². The minimum absolute atomic E-state index is 0.247. The molecular formula is C11H16O2S2. The SMILES string of the molecule is CSCCCS(=O)(=O)c1ccc(C)cc1. The fraction of sp³-hybridized carbons (Fsp3) is 0.455. The van der Waals surface area contributed by atoms with Crippen LogP contribution >= 0.6 is 11.8 Å². The lowest BCUT2D eigenvalue weighted by Crippen LogP contribution is -2.07. The smallest absolute Gasteiger partial charge is 0.178 e. The van der Waals surface area contributed by atoms with Crippen molar-refractivity contribution >= 4 is 21.6 Å². The second-order valence-corrected chi connectivity index (χ2v) is 6.57. The molecule has 0 saturated heterocycles. The van der Waals surface area contributed by atoms with Crippen molar-refractivity contribution in [2.45, 2.75) is 18.2 Å². The highest BCUT2D eigenvalue weighted by Gasteiger charge is 2.12. The maximum atomic E-state index is 11.8. The number of thioether (sulfide) groups is 1. The van der Waals surface area contributed by atoms with E-state index in [2.05, 4.69) is 0 Å². The van der Waals surface area contributed by atoms with E-state index in [1.165, 1.54) is 0 Å². The van der Waals surface area contributed by atoms with E-state index in [9.17, 15) is 8.42 Å². The van der Waals surface area contributed by atoms with E-state index in [1.807, 2.05) is 25.3 Å². The maximum absolute atomic E-state index is 11.8. The summed E-state index contributed by atoms with van der Waals surface area (Å²) in [6.07, 6.45) is 2.70. The summed E-state index contributed by atoms with van der Waals surface area (Å²) in [5.41, 5.74) is 1.08. The van der Waals surface area contributed by atoms with Crippen molar-refractivity contribution in [3.63, 3.8) is 0 Å². The predicted molar refractivity (Wildman–Crippen MR) is 66.2 cm³/mol. The molecule has 1 aromatic carbocycles. The van der Waals surface area contributed by atoms with Crippen LogP contribution in [0, 0.1) is 6.92 Å². The van der Waals surface area contributed by atoms with Crippen LogP contribution in [-0.4, -0.2) is 26.2 Å². The Morgan fingerprint density at radius 3 is 2.33 bits per heavy atom. The Labute approximate surface area is 96.0 Å². The van der Waals surface area contributed by atoms with Gasteiger partial charge in [-0.05, 0) is 37.5 Å². The van der Waals surface area contributed by atoms with Crippen LogP contribution in [0.4, 0.5) is 0 Å². The van der Waals surface area contributed by atoms with E-state index < -0.39 is 9.84 Å². The summed E-state index contributed by atoms with van der Waals surface area (Å²) in [5.74, 6) is 1.14. The molecule has 2 nitrogen and oxygen atoms in total. The van der Waals surface area contributed by atoms with Crippen molar-refractivity contribution in [3.05, 3.63) is 29.8 Å². The Morgan fingerprint density at radius 1 is 1.20 bits per heavy atom. The second-order valence-electron chi connectivity index (χ2n) is 3.48. The largest absolute Gasteiger partial charge is 0.224 e. The summed E-state index contributed by atoms with van der Waals surface area (Å²) in [6.45, 7) is 1.95. The summed E-state index contributed by atoms with van der Waals surface area (Å²) >= 11 is 1.68. The number of hydrogen-bond acceptors (Lipinski definition) is 3. The topological polar surface area (TPSA) is 34.1 Å². The second kappa shape index (κ2) is 5.56. The molecule has 15 heavy (non-hydrogen) atoms. The summed E-state index contributed by atoms with van der Waals surface area (Å²) in [4.78, 5) is 0.439. The monoisotopic (exact) mass is 244 g/mol. The highest BCUT2D eigenvalue weighted by molar-refractivity contribution is 7.98. The van der Waals surface area contributed by atoms with Gasteiger partial charge in [0.25, 0.3) is 0 Å².